The van der Waals surface area contributed by atoms with Crippen LogP contribution in [-0.4, -0.2) is 18.2 Å². The summed E-state index contributed by atoms with van der Waals surface area (Å²) >= 11 is 3.30. The number of hydrogen-bond acceptors (Lipinski definition) is 4. The maximum Gasteiger partial charge on any atom is 0.307 e. The molecule has 0 saturated carbocycles. The minimum atomic E-state index is -0.487. The Kier molecular flexibility index (Phi) is 4.11. The molecule has 0 unspecified atom stereocenters. The molecular formula is C10H12BrNO3. The molecular weight excluding hydrogens is 262 g/mol. The van der Waals surface area contributed by atoms with E-state index in [0.717, 1.165) is 4.47 Å². The molecule has 0 bridgehead atoms. The molecule has 0 spiro atoms. The Labute approximate surface area is 96.2 Å². The molecule has 1 aromatic rings. The van der Waals surface area contributed by atoms with E-state index in [1.165, 1.54) is 13.2 Å². The van der Waals surface area contributed by atoms with E-state index >= 15 is 0 Å². The van der Waals surface area contributed by atoms with E-state index in [1.54, 1.807) is 12.1 Å². The summed E-state index contributed by atoms with van der Waals surface area (Å²) in [5.41, 5.74) is 6.48. The van der Waals surface area contributed by atoms with Crippen LogP contribution in [-0.2, 0) is 9.53 Å². The summed E-state index contributed by atoms with van der Waals surface area (Å²) < 4.78 is 5.28. The lowest BCUT2D eigenvalue weighted by molar-refractivity contribution is -0.141. The van der Waals surface area contributed by atoms with Gasteiger partial charge in [-0.2, -0.15) is 0 Å². The molecule has 82 valence electrons. The van der Waals surface area contributed by atoms with Gasteiger partial charge in [0.2, 0.25) is 0 Å². The van der Waals surface area contributed by atoms with Gasteiger partial charge in [0.05, 0.1) is 13.5 Å². The lowest BCUT2D eigenvalue weighted by atomic mass is 10.0. The van der Waals surface area contributed by atoms with Crippen LogP contribution in [0, 0.1) is 0 Å². The molecule has 0 fully saturated rings. The van der Waals surface area contributed by atoms with Crippen LogP contribution in [0.5, 0.6) is 5.75 Å². The predicted molar refractivity (Wildman–Crippen MR) is 59.4 cm³/mol. The molecule has 0 saturated heterocycles. The smallest absolute Gasteiger partial charge is 0.307 e. The third kappa shape index (κ3) is 3.21. The van der Waals surface area contributed by atoms with Crippen molar-refractivity contribution in [3.8, 4) is 5.75 Å². The lowest BCUT2D eigenvalue weighted by Gasteiger charge is -2.12. The van der Waals surface area contributed by atoms with Gasteiger partial charge in [-0.3, -0.25) is 4.79 Å². The van der Waals surface area contributed by atoms with Crippen LogP contribution in [0.3, 0.4) is 0 Å². The number of methoxy groups -OCH3 is 1. The first-order valence-corrected chi connectivity index (χ1v) is 5.14. The Balaban J connectivity index is 2.85. The molecule has 1 rings (SSSR count). The van der Waals surface area contributed by atoms with Crippen molar-refractivity contribution in [1.29, 1.82) is 0 Å². The van der Waals surface area contributed by atoms with E-state index < -0.39 is 6.04 Å². The second-order valence-corrected chi connectivity index (χ2v) is 3.95. The summed E-state index contributed by atoms with van der Waals surface area (Å²) in [7, 11) is 1.31. The molecule has 15 heavy (non-hydrogen) atoms. The second-order valence-electron chi connectivity index (χ2n) is 3.09. The fourth-order valence-corrected chi connectivity index (χ4v) is 1.73. The first-order chi connectivity index (χ1) is 7.04. The van der Waals surface area contributed by atoms with Crippen molar-refractivity contribution in [2.75, 3.05) is 7.11 Å². The third-order valence-corrected chi connectivity index (χ3v) is 2.72. The maximum absolute atomic E-state index is 11.0. The van der Waals surface area contributed by atoms with E-state index in [1.807, 2.05) is 0 Å². The predicted octanol–water partition coefficient (Wildman–Crippen LogP) is 1.72. The van der Waals surface area contributed by atoms with Crippen LogP contribution < -0.4 is 5.73 Å². The Morgan fingerprint density at radius 2 is 2.33 bits per heavy atom. The number of nitrogens with two attached hydrogens (primary N) is 1. The molecule has 4 nitrogen and oxygen atoms in total. The number of ether oxygens (including phenoxy) is 1. The highest BCUT2D eigenvalue weighted by Gasteiger charge is 2.15. The summed E-state index contributed by atoms with van der Waals surface area (Å²) in [5.74, 6) is -0.258. The number of halogens is 1. The lowest BCUT2D eigenvalue weighted by Crippen LogP contribution is -2.16. The van der Waals surface area contributed by atoms with Crippen molar-refractivity contribution >= 4 is 21.9 Å². The topological polar surface area (TPSA) is 72.5 Å². The average Bonchev–Trinajstić information content (AvgIpc) is 2.21. The Morgan fingerprint density at radius 3 is 2.93 bits per heavy atom. The third-order valence-electron chi connectivity index (χ3n) is 1.99. The minimum Gasteiger partial charge on any atom is -0.508 e. The van der Waals surface area contributed by atoms with Gasteiger partial charge in [-0.15, -0.1) is 0 Å². The molecule has 3 N–H and O–H groups in total. The van der Waals surface area contributed by atoms with Gasteiger partial charge >= 0.3 is 5.97 Å². The zero-order valence-electron chi connectivity index (χ0n) is 8.24. The molecule has 0 aromatic heterocycles. The number of carbonyl (C=O) groups excluding carboxylic acids is 1. The fourth-order valence-electron chi connectivity index (χ4n) is 1.19. The minimum absolute atomic E-state index is 0.0819. The van der Waals surface area contributed by atoms with Gasteiger partial charge in [-0.25, -0.2) is 0 Å². The van der Waals surface area contributed by atoms with Gasteiger partial charge in [0.1, 0.15) is 5.75 Å². The fraction of sp³-hybridized carbons (Fsp3) is 0.300. The van der Waals surface area contributed by atoms with Crippen LogP contribution >= 0.6 is 15.9 Å². The summed E-state index contributed by atoms with van der Waals surface area (Å²) in [6.45, 7) is 0. The molecule has 1 atom stereocenters. The highest BCUT2D eigenvalue weighted by atomic mass is 79.9. The summed E-state index contributed by atoms with van der Waals surface area (Å²) in [6.07, 6.45) is 0.0819. The van der Waals surface area contributed by atoms with Crippen molar-refractivity contribution < 1.29 is 14.6 Å². The average molecular weight is 274 g/mol. The summed E-state index contributed by atoms with van der Waals surface area (Å²) in [4.78, 5) is 11.0. The van der Waals surface area contributed by atoms with E-state index in [4.69, 9.17) is 5.73 Å². The van der Waals surface area contributed by atoms with E-state index in [0.29, 0.717) is 5.56 Å². The molecule has 0 heterocycles. The number of phenolic OH excluding ortho intramolecular Hbond substituents is 1. The van der Waals surface area contributed by atoms with E-state index in [9.17, 15) is 9.90 Å². The van der Waals surface area contributed by atoms with Gasteiger partial charge in [0.25, 0.3) is 0 Å². The van der Waals surface area contributed by atoms with E-state index in [-0.39, 0.29) is 18.1 Å². The largest absolute Gasteiger partial charge is 0.508 e. The van der Waals surface area contributed by atoms with Crippen molar-refractivity contribution in [3.63, 3.8) is 0 Å². The number of carbonyl (C=O) groups is 1. The summed E-state index contributed by atoms with van der Waals surface area (Å²) in [6, 6.07) is 4.26. The van der Waals surface area contributed by atoms with Crippen molar-refractivity contribution in [1.82, 2.24) is 0 Å². The maximum atomic E-state index is 11.0. The molecule has 0 radical (unpaired) electrons. The van der Waals surface area contributed by atoms with Crippen LogP contribution in [0.4, 0.5) is 0 Å². The van der Waals surface area contributed by atoms with Gasteiger partial charge in [-0.05, 0) is 23.8 Å². The highest BCUT2D eigenvalue weighted by molar-refractivity contribution is 9.10. The molecule has 5 heteroatoms. The van der Waals surface area contributed by atoms with Gasteiger partial charge < -0.3 is 15.6 Å². The molecule has 0 aliphatic carbocycles. The van der Waals surface area contributed by atoms with Crippen LogP contribution in [0.25, 0.3) is 0 Å². The number of phenols is 1. The standard InChI is InChI=1S/C10H12BrNO3/c1-15-10(14)5-9(12)7-4-6(13)2-3-8(7)11/h2-4,9,13H,5,12H2,1H3/t9-/m1/s1. The van der Waals surface area contributed by atoms with Crippen molar-refractivity contribution in [2.45, 2.75) is 12.5 Å². The Hall–Kier alpha value is -1.07. The molecule has 0 amide bonds. The number of esters is 1. The number of aromatic hydroxyl groups is 1. The van der Waals surface area contributed by atoms with E-state index in [2.05, 4.69) is 20.7 Å². The number of hydrogen-bond donors (Lipinski definition) is 2. The van der Waals surface area contributed by atoms with Gasteiger partial charge in [0.15, 0.2) is 0 Å². The molecule has 0 aliphatic rings. The Bertz CT molecular complexity index is 368. The normalized spacial score (nSPS) is 12.2. The SMILES string of the molecule is COC(=O)C[C@@H](N)c1cc(O)ccc1Br. The van der Waals surface area contributed by atoms with Crippen LogP contribution in [0.2, 0.25) is 0 Å². The second kappa shape index (κ2) is 5.14. The monoisotopic (exact) mass is 273 g/mol. The summed E-state index contributed by atoms with van der Waals surface area (Å²) in [5, 5.41) is 9.29. The first kappa shape index (κ1) is 12.0. The number of rotatable bonds is 3. The van der Waals surface area contributed by atoms with Crippen molar-refractivity contribution in [3.05, 3.63) is 28.2 Å². The molecule has 1 aromatic carbocycles. The van der Waals surface area contributed by atoms with Crippen molar-refractivity contribution in [2.24, 2.45) is 5.73 Å². The highest BCUT2D eigenvalue weighted by Crippen LogP contribution is 2.27. The molecule has 0 aliphatic heterocycles. The number of benzene rings is 1. The zero-order chi connectivity index (χ0) is 11.4. The quantitative estimate of drug-likeness (QED) is 0.823. The van der Waals surface area contributed by atoms with Crippen LogP contribution in [0.15, 0.2) is 22.7 Å². The van der Waals surface area contributed by atoms with Crippen LogP contribution in [0.1, 0.15) is 18.0 Å². The van der Waals surface area contributed by atoms with Gasteiger partial charge in [0, 0.05) is 10.5 Å². The zero-order valence-corrected chi connectivity index (χ0v) is 9.82. The first-order valence-electron chi connectivity index (χ1n) is 4.35. The Morgan fingerprint density at radius 1 is 1.67 bits per heavy atom. The van der Waals surface area contributed by atoms with Gasteiger partial charge in [-0.1, -0.05) is 15.9 Å².